The Bertz CT molecular complexity index is 1190. The van der Waals surface area contributed by atoms with Gasteiger partial charge in [-0.2, -0.15) is 0 Å². The number of fused-ring (bicyclic) bond motifs is 2. The molecule has 2 N–H and O–H groups in total. The topological polar surface area (TPSA) is 54.3 Å². The van der Waals surface area contributed by atoms with E-state index < -0.39 is 0 Å². The maximum Gasteiger partial charge on any atom is 0.256 e. The summed E-state index contributed by atoms with van der Waals surface area (Å²) in [5.41, 5.74) is 7.24. The molecule has 2 heterocycles. The number of hydrogen-bond acceptors (Lipinski definition) is 3. The van der Waals surface area contributed by atoms with E-state index in [9.17, 15) is 4.79 Å². The Morgan fingerprint density at radius 1 is 1.13 bits per heavy atom. The van der Waals surface area contributed by atoms with Crippen LogP contribution in [0, 0.1) is 10.5 Å². The fraction of sp³-hybridized carbons (Fsp3) is 0.269. The van der Waals surface area contributed by atoms with Crippen LogP contribution in [-0.4, -0.2) is 5.91 Å². The lowest BCUT2D eigenvalue weighted by Crippen LogP contribution is -2.11. The summed E-state index contributed by atoms with van der Waals surface area (Å²) in [7, 11) is 0. The van der Waals surface area contributed by atoms with Crippen LogP contribution in [0.3, 0.4) is 0 Å². The SMILES string of the molecule is Cc1c(I)ccc2c1C(=Cc1oc3c(c1C(C)Nc1ccccc1)CCCC3)C(=O)N2. The summed E-state index contributed by atoms with van der Waals surface area (Å²) in [6, 6.07) is 14.3. The van der Waals surface area contributed by atoms with Crippen molar-refractivity contribution in [2.75, 3.05) is 10.6 Å². The van der Waals surface area contributed by atoms with Crippen molar-refractivity contribution in [3.05, 3.63) is 79.8 Å². The van der Waals surface area contributed by atoms with Gasteiger partial charge in [0.05, 0.1) is 11.6 Å². The van der Waals surface area contributed by atoms with Crippen LogP contribution in [0.25, 0.3) is 11.6 Å². The summed E-state index contributed by atoms with van der Waals surface area (Å²) in [6.45, 7) is 4.24. The van der Waals surface area contributed by atoms with Gasteiger partial charge in [0.15, 0.2) is 0 Å². The molecule has 31 heavy (non-hydrogen) atoms. The lowest BCUT2D eigenvalue weighted by molar-refractivity contribution is -0.110. The van der Waals surface area contributed by atoms with E-state index in [0.717, 1.165) is 56.9 Å². The van der Waals surface area contributed by atoms with Crippen LogP contribution in [0.15, 0.2) is 46.9 Å². The number of furan rings is 1. The van der Waals surface area contributed by atoms with Gasteiger partial charge in [0.1, 0.15) is 11.5 Å². The molecule has 1 aliphatic carbocycles. The Hall–Kier alpha value is -2.54. The molecule has 5 rings (SSSR count). The molecular formula is C26H25IN2O2. The van der Waals surface area contributed by atoms with E-state index in [1.165, 1.54) is 17.5 Å². The standard InChI is InChI=1S/C26H25IN2O2/c1-15-20(27)12-13-21-24(15)19(26(30)29-21)14-23-25(18-10-6-7-11-22(18)31-23)16(2)28-17-8-4-3-5-9-17/h3-5,8-9,12-14,16,28H,6-7,10-11H2,1-2H3,(H,29,30). The monoisotopic (exact) mass is 524 g/mol. The van der Waals surface area contributed by atoms with Crippen LogP contribution in [0.2, 0.25) is 0 Å². The number of nitrogens with one attached hydrogen (secondary N) is 2. The van der Waals surface area contributed by atoms with Crippen molar-refractivity contribution in [2.24, 2.45) is 0 Å². The first-order valence-electron chi connectivity index (χ1n) is 10.8. The maximum absolute atomic E-state index is 12.9. The summed E-state index contributed by atoms with van der Waals surface area (Å²) >= 11 is 2.33. The van der Waals surface area contributed by atoms with Gasteiger partial charge in [0.25, 0.3) is 5.91 Å². The lowest BCUT2D eigenvalue weighted by Gasteiger charge is -2.18. The zero-order valence-corrected chi connectivity index (χ0v) is 19.9. The minimum atomic E-state index is -0.0657. The Labute approximate surface area is 196 Å². The molecule has 1 amide bonds. The van der Waals surface area contributed by atoms with E-state index in [2.05, 4.69) is 59.2 Å². The first-order valence-corrected chi connectivity index (χ1v) is 11.9. The second-order valence-corrected chi connectivity index (χ2v) is 9.49. The largest absolute Gasteiger partial charge is 0.461 e. The Kier molecular flexibility index (Phi) is 5.38. The van der Waals surface area contributed by atoms with Crippen molar-refractivity contribution in [1.82, 2.24) is 0 Å². The average molecular weight is 524 g/mol. The summed E-state index contributed by atoms with van der Waals surface area (Å²) < 4.78 is 7.54. The minimum absolute atomic E-state index is 0.0657. The quantitative estimate of drug-likeness (QED) is 0.294. The number of anilines is 2. The van der Waals surface area contributed by atoms with Gasteiger partial charge < -0.3 is 15.1 Å². The predicted molar refractivity (Wildman–Crippen MR) is 134 cm³/mol. The highest BCUT2D eigenvalue weighted by Crippen LogP contribution is 2.41. The summed E-state index contributed by atoms with van der Waals surface area (Å²) in [4.78, 5) is 12.9. The molecule has 0 radical (unpaired) electrons. The molecule has 0 spiro atoms. The third-order valence-electron chi connectivity index (χ3n) is 6.27. The summed E-state index contributed by atoms with van der Waals surface area (Å²) in [5, 5.41) is 6.64. The van der Waals surface area contributed by atoms with Crippen LogP contribution in [0.4, 0.5) is 11.4 Å². The molecule has 1 aliphatic heterocycles. The van der Waals surface area contributed by atoms with Crippen LogP contribution in [0.5, 0.6) is 0 Å². The Morgan fingerprint density at radius 3 is 2.71 bits per heavy atom. The summed E-state index contributed by atoms with van der Waals surface area (Å²) in [6.07, 6.45) is 6.27. The number of carbonyl (C=O) groups is 1. The molecule has 2 aromatic carbocycles. The highest BCUT2D eigenvalue weighted by Gasteiger charge is 2.30. The van der Waals surface area contributed by atoms with Crippen LogP contribution in [-0.2, 0) is 17.6 Å². The number of para-hydroxylation sites is 1. The van der Waals surface area contributed by atoms with Gasteiger partial charge in [0, 0.05) is 32.5 Å². The molecule has 4 nitrogen and oxygen atoms in total. The molecule has 5 heteroatoms. The fourth-order valence-electron chi connectivity index (χ4n) is 4.76. The third kappa shape index (κ3) is 3.69. The summed E-state index contributed by atoms with van der Waals surface area (Å²) in [5.74, 6) is 1.82. The molecule has 1 atom stereocenters. The number of aryl methyl sites for hydroxylation is 1. The van der Waals surface area contributed by atoms with Crippen molar-refractivity contribution in [3.63, 3.8) is 0 Å². The molecular weight excluding hydrogens is 499 g/mol. The van der Waals surface area contributed by atoms with E-state index in [1.54, 1.807) is 0 Å². The first-order chi connectivity index (χ1) is 15.0. The number of benzene rings is 2. The zero-order valence-electron chi connectivity index (χ0n) is 17.7. The van der Waals surface area contributed by atoms with Crippen molar-refractivity contribution in [2.45, 2.75) is 45.6 Å². The van der Waals surface area contributed by atoms with Gasteiger partial charge in [-0.1, -0.05) is 18.2 Å². The third-order valence-corrected chi connectivity index (χ3v) is 7.44. The van der Waals surface area contributed by atoms with Gasteiger partial charge in [-0.25, -0.2) is 0 Å². The fourth-order valence-corrected chi connectivity index (χ4v) is 5.21. The van der Waals surface area contributed by atoms with Crippen molar-refractivity contribution in [1.29, 1.82) is 0 Å². The molecule has 1 aromatic heterocycles. The highest BCUT2D eigenvalue weighted by molar-refractivity contribution is 14.1. The van der Waals surface area contributed by atoms with Gasteiger partial charge >= 0.3 is 0 Å². The molecule has 1 unspecified atom stereocenters. The van der Waals surface area contributed by atoms with Crippen LogP contribution < -0.4 is 10.6 Å². The van der Waals surface area contributed by atoms with Crippen molar-refractivity contribution >= 4 is 51.5 Å². The van der Waals surface area contributed by atoms with E-state index in [1.807, 2.05) is 36.4 Å². The van der Waals surface area contributed by atoms with Crippen molar-refractivity contribution in [3.8, 4) is 0 Å². The van der Waals surface area contributed by atoms with E-state index in [4.69, 9.17) is 4.42 Å². The normalized spacial score (nSPS) is 17.3. The second kappa shape index (κ2) is 8.19. The lowest BCUT2D eigenvalue weighted by atomic mass is 9.91. The highest BCUT2D eigenvalue weighted by atomic mass is 127. The predicted octanol–water partition coefficient (Wildman–Crippen LogP) is 6.74. The number of halogens is 1. The molecule has 3 aromatic rings. The number of hydrogen-bond donors (Lipinski definition) is 2. The molecule has 158 valence electrons. The molecule has 2 aliphatic rings. The van der Waals surface area contributed by atoms with Gasteiger partial charge in [-0.3, -0.25) is 4.79 Å². The van der Waals surface area contributed by atoms with Gasteiger partial charge in [-0.05, 0) is 97.2 Å². The van der Waals surface area contributed by atoms with Crippen LogP contribution in [0.1, 0.15) is 59.6 Å². The number of amides is 1. The molecule has 0 saturated heterocycles. The van der Waals surface area contributed by atoms with Gasteiger partial charge in [0.2, 0.25) is 0 Å². The average Bonchev–Trinajstić information content (AvgIpc) is 3.29. The zero-order chi connectivity index (χ0) is 21.5. The van der Waals surface area contributed by atoms with E-state index in [0.29, 0.717) is 5.57 Å². The van der Waals surface area contributed by atoms with E-state index in [-0.39, 0.29) is 11.9 Å². The molecule has 0 saturated carbocycles. The first kappa shape index (κ1) is 20.4. The van der Waals surface area contributed by atoms with E-state index >= 15 is 0 Å². The van der Waals surface area contributed by atoms with Crippen LogP contribution >= 0.6 is 22.6 Å². The number of rotatable bonds is 4. The molecule has 0 bridgehead atoms. The maximum atomic E-state index is 12.9. The minimum Gasteiger partial charge on any atom is -0.461 e. The smallest absolute Gasteiger partial charge is 0.256 e. The number of carbonyl (C=O) groups excluding carboxylic acids is 1. The van der Waals surface area contributed by atoms with Gasteiger partial charge in [-0.15, -0.1) is 0 Å². The molecule has 0 fully saturated rings. The second-order valence-electron chi connectivity index (χ2n) is 8.33. The Balaban J connectivity index is 1.62. The Morgan fingerprint density at radius 2 is 1.90 bits per heavy atom. The van der Waals surface area contributed by atoms with Crippen molar-refractivity contribution < 1.29 is 9.21 Å².